The number of aromatic nitrogens is 4. The van der Waals surface area contributed by atoms with Crippen molar-refractivity contribution < 1.29 is 26.0 Å². The van der Waals surface area contributed by atoms with E-state index in [4.69, 9.17) is 0 Å². The summed E-state index contributed by atoms with van der Waals surface area (Å²) in [5, 5.41) is 10.2. The van der Waals surface area contributed by atoms with E-state index in [1.54, 1.807) is 23.8 Å². The Kier molecular flexibility index (Phi) is 6.51. The largest absolute Gasteiger partial charge is 0.407 e. The second-order valence-electron chi connectivity index (χ2n) is 8.64. The molecule has 13 heteroatoms. The number of sulfonamides is 1. The van der Waals surface area contributed by atoms with Crippen molar-refractivity contribution in [2.75, 3.05) is 0 Å². The predicted molar refractivity (Wildman–Crippen MR) is 127 cm³/mol. The van der Waals surface area contributed by atoms with Crippen LogP contribution in [0.1, 0.15) is 31.9 Å². The lowest BCUT2D eigenvalue weighted by molar-refractivity contribution is -0.180. The van der Waals surface area contributed by atoms with E-state index in [0.717, 1.165) is 12.3 Å². The number of alkyl halides is 3. The first-order chi connectivity index (χ1) is 17.3. The van der Waals surface area contributed by atoms with Crippen molar-refractivity contribution >= 4 is 20.9 Å². The Morgan fingerprint density at radius 1 is 1.11 bits per heavy atom. The molecule has 0 aliphatic carbocycles. The third kappa shape index (κ3) is 4.65. The van der Waals surface area contributed by atoms with Gasteiger partial charge >= 0.3 is 6.18 Å². The Morgan fingerprint density at radius 3 is 2.32 bits per heavy atom. The summed E-state index contributed by atoms with van der Waals surface area (Å²) in [5.74, 6) is -0.346. The summed E-state index contributed by atoms with van der Waals surface area (Å²) in [6.07, 6.45) is -0.613. The van der Waals surface area contributed by atoms with Crippen LogP contribution in [0.25, 0.3) is 28.2 Å². The topological polar surface area (TPSA) is 114 Å². The molecule has 0 atom stereocenters. The molecular weight excluding hydrogens is 512 g/mol. The van der Waals surface area contributed by atoms with Crippen molar-refractivity contribution in [2.24, 2.45) is 0 Å². The first kappa shape index (κ1) is 26.2. The van der Waals surface area contributed by atoms with Gasteiger partial charge in [0.05, 0.1) is 22.5 Å². The molecule has 3 heterocycles. The predicted octanol–water partition coefficient (Wildman–Crippen LogP) is 4.67. The van der Waals surface area contributed by atoms with Crippen LogP contribution in [0, 0.1) is 17.1 Å². The van der Waals surface area contributed by atoms with Crippen molar-refractivity contribution in [3.8, 4) is 23.4 Å². The zero-order valence-corrected chi connectivity index (χ0v) is 20.6. The highest BCUT2D eigenvalue weighted by atomic mass is 32.2. The molecule has 0 saturated heterocycles. The van der Waals surface area contributed by atoms with Crippen molar-refractivity contribution in [3.63, 3.8) is 0 Å². The van der Waals surface area contributed by atoms with Gasteiger partial charge in [0, 0.05) is 24.0 Å². The van der Waals surface area contributed by atoms with Crippen LogP contribution in [-0.2, 0) is 16.4 Å². The minimum Gasteiger partial charge on any atom is -0.275 e. The van der Waals surface area contributed by atoms with Crippen LogP contribution >= 0.6 is 0 Å². The first-order valence-corrected chi connectivity index (χ1v) is 12.4. The van der Waals surface area contributed by atoms with Gasteiger partial charge in [-0.05, 0) is 56.2 Å². The monoisotopic (exact) mass is 532 g/mol. The summed E-state index contributed by atoms with van der Waals surface area (Å²) in [4.78, 5) is 12.1. The standard InChI is InChI=1S/C24H20F4N6O2S/c1-4-14-10-20-16(11-18(14)25)17(12-29)21(34(20)22-30-8-5-9-31-22)19-7-6-15(13-32-19)37(35,36)33-23(2,3)24(26,27)28/h5-11,13,33H,4H2,1-3H3. The summed E-state index contributed by atoms with van der Waals surface area (Å²) < 4.78 is 82.7. The molecule has 3 aromatic heterocycles. The minimum absolute atomic E-state index is 0.0449. The number of rotatable bonds is 6. The van der Waals surface area contributed by atoms with E-state index in [1.807, 2.05) is 6.07 Å². The maximum absolute atomic E-state index is 14.7. The molecule has 0 spiro atoms. The number of aryl methyl sites for hydroxylation is 1. The van der Waals surface area contributed by atoms with E-state index >= 15 is 0 Å². The fraction of sp³-hybridized carbons (Fsp3) is 0.250. The van der Waals surface area contributed by atoms with Crippen molar-refractivity contribution in [1.29, 1.82) is 5.26 Å². The van der Waals surface area contributed by atoms with Gasteiger partial charge in [-0.2, -0.15) is 23.2 Å². The fourth-order valence-corrected chi connectivity index (χ4v) is 5.07. The van der Waals surface area contributed by atoms with E-state index in [9.17, 15) is 31.2 Å². The molecule has 37 heavy (non-hydrogen) atoms. The normalized spacial score (nSPS) is 12.6. The Morgan fingerprint density at radius 2 is 1.78 bits per heavy atom. The van der Waals surface area contributed by atoms with Crippen molar-refractivity contribution in [3.05, 3.63) is 65.9 Å². The number of nitriles is 1. The lowest BCUT2D eigenvalue weighted by Gasteiger charge is -2.28. The van der Waals surface area contributed by atoms with Crippen LogP contribution in [-0.4, -0.2) is 39.7 Å². The van der Waals surface area contributed by atoms with Crippen LogP contribution in [0.4, 0.5) is 17.6 Å². The number of halogens is 4. The van der Waals surface area contributed by atoms with Crippen LogP contribution in [0.2, 0.25) is 0 Å². The molecule has 0 aliphatic rings. The molecule has 0 radical (unpaired) electrons. The summed E-state index contributed by atoms with van der Waals surface area (Å²) in [6.45, 7) is 3.18. The highest BCUT2D eigenvalue weighted by Gasteiger charge is 2.49. The van der Waals surface area contributed by atoms with E-state index in [-0.39, 0.29) is 28.3 Å². The molecule has 1 aromatic carbocycles. The van der Waals surface area contributed by atoms with E-state index in [1.165, 1.54) is 29.1 Å². The minimum atomic E-state index is -4.83. The molecule has 0 amide bonds. The molecule has 192 valence electrons. The Balaban J connectivity index is 1.91. The van der Waals surface area contributed by atoms with E-state index < -0.39 is 32.5 Å². The highest BCUT2D eigenvalue weighted by Crippen LogP contribution is 2.36. The zero-order valence-electron chi connectivity index (χ0n) is 19.8. The number of pyridine rings is 1. The Labute approximate surface area is 209 Å². The van der Waals surface area contributed by atoms with E-state index in [2.05, 4.69) is 15.0 Å². The maximum Gasteiger partial charge on any atom is 0.407 e. The summed E-state index contributed by atoms with van der Waals surface area (Å²) in [5.41, 5.74) is -1.58. The molecular formula is C24H20F4N6O2S. The molecule has 4 aromatic rings. The van der Waals surface area contributed by atoms with Crippen molar-refractivity contribution in [1.82, 2.24) is 24.2 Å². The molecule has 0 unspecified atom stereocenters. The quantitative estimate of drug-likeness (QED) is 0.361. The lowest BCUT2D eigenvalue weighted by Crippen LogP contribution is -2.54. The fourth-order valence-electron chi connectivity index (χ4n) is 3.72. The van der Waals surface area contributed by atoms with Crippen LogP contribution in [0.15, 0.2) is 53.8 Å². The first-order valence-electron chi connectivity index (χ1n) is 10.9. The van der Waals surface area contributed by atoms with Gasteiger partial charge in [0.1, 0.15) is 22.3 Å². The number of fused-ring (bicyclic) bond motifs is 1. The van der Waals surface area contributed by atoms with Gasteiger partial charge < -0.3 is 0 Å². The van der Waals surface area contributed by atoms with Gasteiger partial charge in [-0.1, -0.05) is 6.92 Å². The third-order valence-corrected chi connectivity index (χ3v) is 7.41. The van der Waals surface area contributed by atoms with Crippen LogP contribution in [0.5, 0.6) is 0 Å². The average molecular weight is 533 g/mol. The van der Waals surface area contributed by atoms with Crippen LogP contribution in [0.3, 0.4) is 0 Å². The average Bonchev–Trinajstić information content (AvgIpc) is 3.15. The number of nitrogens with zero attached hydrogens (tertiary/aromatic N) is 5. The second-order valence-corrected chi connectivity index (χ2v) is 10.3. The highest BCUT2D eigenvalue weighted by molar-refractivity contribution is 7.89. The summed E-state index contributed by atoms with van der Waals surface area (Å²) in [6, 6.07) is 8.77. The maximum atomic E-state index is 14.7. The molecule has 0 aliphatic heterocycles. The number of hydrogen-bond acceptors (Lipinski definition) is 6. The third-order valence-electron chi connectivity index (χ3n) is 5.77. The smallest absolute Gasteiger partial charge is 0.275 e. The van der Waals surface area contributed by atoms with Gasteiger partial charge in [-0.25, -0.2) is 22.8 Å². The number of nitrogens with one attached hydrogen (secondary N) is 1. The number of hydrogen-bond donors (Lipinski definition) is 1. The molecule has 0 fully saturated rings. The van der Waals surface area contributed by atoms with E-state index in [0.29, 0.717) is 31.3 Å². The SMILES string of the molecule is CCc1cc2c(cc1F)c(C#N)c(-c1ccc(S(=O)(=O)NC(C)(C)C(F)(F)F)cn1)n2-c1ncccn1. The zero-order chi connectivity index (χ0) is 27.2. The van der Waals surface area contributed by atoms with Gasteiger partial charge in [0.25, 0.3) is 0 Å². The van der Waals surface area contributed by atoms with Gasteiger partial charge in [0.15, 0.2) is 0 Å². The van der Waals surface area contributed by atoms with Gasteiger partial charge in [-0.3, -0.25) is 9.55 Å². The molecule has 8 nitrogen and oxygen atoms in total. The Hall–Kier alpha value is -3.89. The molecule has 4 rings (SSSR count). The van der Waals surface area contributed by atoms with Crippen molar-refractivity contribution in [2.45, 2.75) is 43.8 Å². The van der Waals surface area contributed by atoms with Gasteiger partial charge in [-0.15, -0.1) is 0 Å². The second kappa shape index (κ2) is 9.20. The molecule has 1 N–H and O–H groups in total. The molecule has 0 saturated carbocycles. The summed E-state index contributed by atoms with van der Waals surface area (Å²) >= 11 is 0. The number of benzene rings is 1. The molecule has 0 bridgehead atoms. The van der Waals surface area contributed by atoms with Crippen LogP contribution < -0.4 is 4.72 Å². The Bertz CT molecular complexity index is 1620. The lowest BCUT2D eigenvalue weighted by atomic mass is 10.1. The van der Waals surface area contributed by atoms with Gasteiger partial charge in [0.2, 0.25) is 16.0 Å². The summed E-state index contributed by atoms with van der Waals surface area (Å²) in [7, 11) is -4.60.